The number of nitro groups is 1. The van der Waals surface area contributed by atoms with Crippen molar-refractivity contribution in [1.82, 2.24) is 0 Å². The van der Waals surface area contributed by atoms with Crippen molar-refractivity contribution in [3.05, 3.63) is 57.1 Å². The Morgan fingerprint density at radius 1 is 1.35 bits per heavy atom. The number of anilines is 2. The molecule has 0 radical (unpaired) electrons. The maximum Gasteiger partial charge on any atom is 0.296 e. The third-order valence-electron chi connectivity index (χ3n) is 4.27. The number of ether oxygens (including phenoxy) is 1. The van der Waals surface area contributed by atoms with E-state index in [1.54, 1.807) is 12.1 Å². The number of fused-ring (bicyclic) bond motifs is 1. The van der Waals surface area contributed by atoms with Crippen LogP contribution in [0, 0.1) is 10.1 Å². The second-order valence-electron chi connectivity index (χ2n) is 5.99. The Hall–Kier alpha value is -2.80. The fraction of sp³-hybridized carbons (Fsp3) is 0.278. The Kier molecular flexibility index (Phi) is 5.27. The summed E-state index contributed by atoms with van der Waals surface area (Å²) in [5, 5.41) is 14.5. The summed E-state index contributed by atoms with van der Waals surface area (Å²) in [5.41, 5.74) is 2.02. The summed E-state index contributed by atoms with van der Waals surface area (Å²) in [6.45, 7) is 0.852. The maximum atomic E-state index is 12.5. The van der Waals surface area contributed by atoms with Crippen molar-refractivity contribution in [2.75, 3.05) is 30.4 Å². The fourth-order valence-electron chi connectivity index (χ4n) is 3.07. The highest BCUT2D eigenvalue weighted by atomic mass is 35.5. The Morgan fingerprint density at radius 2 is 2.15 bits per heavy atom. The number of rotatable bonds is 5. The molecule has 1 N–H and O–H groups in total. The predicted octanol–water partition coefficient (Wildman–Crippen LogP) is 3.65. The van der Waals surface area contributed by atoms with Gasteiger partial charge in [-0.05, 0) is 48.7 Å². The number of hydrogen-bond donors (Lipinski definition) is 1. The van der Waals surface area contributed by atoms with E-state index in [1.807, 2.05) is 17.0 Å². The van der Waals surface area contributed by atoms with E-state index < -0.39 is 4.92 Å². The van der Waals surface area contributed by atoms with Crippen LogP contribution in [0.1, 0.15) is 12.0 Å². The van der Waals surface area contributed by atoms with Crippen molar-refractivity contribution in [3.63, 3.8) is 0 Å². The second kappa shape index (κ2) is 7.61. The van der Waals surface area contributed by atoms with Crippen molar-refractivity contribution < 1.29 is 14.5 Å². The summed E-state index contributed by atoms with van der Waals surface area (Å²) in [6, 6.07) is 9.94. The van der Waals surface area contributed by atoms with E-state index in [2.05, 4.69) is 5.32 Å². The van der Waals surface area contributed by atoms with Crippen molar-refractivity contribution in [1.29, 1.82) is 0 Å². The number of methoxy groups -OCH3 is 1. The van der Waals surface area contributed by atoms with Gasteiger partial charge >= 0.3 is 0 Å². The molecule has 1 amide bonds. The van der Waals surface area contributed by atoms with Gasteiger partial charge in [0.15, 0.2) is 0 Å². The molecule has 0 aliphatic carbocycles. The summed E-state index contributed by atoms with van der Waals surface area (Å²) in [4.78, 5) is 25.1. The first-order valence-corrected chi connectivity index (χ1v) is 8.51. The Labute approximate surface area is 155 Å². The van der Waals surface area contributed by atoms with Gasteiger partial charge < -0.3 is 15.0 Å². The lowest BCUT2D eigenvalue weighted by Crippen LogP contribution is -2.36. The number of halogens is 1. The van der Waals surface area contributed by atoms with Crippen molar-refractivity contribution in [2.24, 2.45) is 0 Å². The zero-order valence-electron chi connectivity index (χ0n) is 14.2. The van der Waals surface area contributed by atoms with E-state index in [4.69, 9.17) is 16.3 Å². The molecule has 7 nitrogen and oxygen atoms in total. The molecule has 2 aromatic rings. The van der Waals surface area contributed by atoms with Crippen LogP contribution in [0.3, 0.4) is 0 Å². The first-order valence-electron chi connectivity index (χ1n) is 8.13. The smallest absolute Gasteiger partial charge is 0.296 e. The minimum absolute atomic E-state index is 0.109. The van der Waals surface area contributed by atoms with Crippen LogP contribution in [0.5, 0.6) is 5.75 Å². The summed E-state index contributed by atoms with van der Waals surface area (Å²) in [7, 11) is 1.43. The van der Waals surface area contributed by atoms with Gasteiger partial charge in [0.25, 0.3) is 5.69 Å². The van der Waals surface area contributed by atoms with Crippen LogP contribution in [0.15, 0.2) is 36.4 Å². The average molecular weight is 376 g/mol. The van der Waals surface area contributed by atoms with E-state index in [9.17, 15) is 14.9 Å². The molecule has 1 aliphatic heterocycles. The lowest BCUT2D eigenvalue weighted by atomic mass is 10.0. The van der Waals surface area contributed by atoms with Crippen molar-refractivity contribution in [2.45, 2.75) is 12.8 Å². The molecule has 136 valence electrons. The van der Waals surface area contributed by atoms with E-state index in [0.717, 1.165) is 30.6 Å². The standard InChI is InChI=1S/C18H18ClN3O4/c1-26-14-5-6-15(17(10-14)22(24)25)20-18(23)11-21-8-2-3-12-9-13(19)4-7-16(12)21/h4-7,9-10H,2-3,8,11H2,1H3,(H,20,23). The zero-order chi connectivity index (χ0) is 18.7. The molecule has 0 fully saturated rings. The molecule has 1 aliphatic rings. The third-order valence-corrected chi connectivity index (χ3v) is 4.50. The Bertz CT molecular complexity index is 856. The molecule has 0 bridgehead atoms. The lowest BCUT2D eigenvalue weighted by molar-refractivity contribution is -0.384. The monoisotopic (exact) mass is 375 g/mol. The van der Waals surface area contributed by atoms with Crippen LogP contribution >= 0.6 is 11.6 Å². The third kappa shape index (κ3) is 3.88. The lowest BCUT2D eigenvalue weighted by Gasteiger charge is -2.30. The Morgan fingerprint density at radius 3 is 2.88 bits per heavy atom. The highest BCUT2D eigenvalue weighted by Crippen LogP contribution is 2.31. The zero-order valence-corrected chi connectivity index (χ0v) is 15.0. The van der Waals surface area contributed by atoms with Gasteiger partial charge in [-0.25, -0.2) is 0 Å². The molecule has 1 heterocycles. The number of carbonyl (C=O) groups is 1. The molecule has 8 heteroatoms. The van der Waals surface area contributed by atoms with Gasteiger partial charge in [-0.3, -0.25) is 14.9 Å². The first-order chi connectivity index (χ1) is 12.5. The van der Waals surface area contributed by atoms with Crippen LogP contribution in [0.4, 0.5) is 17.1 Å². The quantitative estimate of drug-likeness (QED) is 0.637. The highest BCUT2D eigenvalue weighted by Gasteiger charge is 2.22. The topological polar surface area (TPSA) is 84.7 Å². The van der Waals surface area contributed by atoms with E-state index in [-0.39, 0.29) is 23.8 Å². The summed E-state index contributed by atoms with van der Waals surface area (Å²) < 4.78 is 5.00. The van der Waals surface area contributed by atoms with E-state index in [1.165, 1.54) is 19.2 Å². The van der Waals surface area contributed by atoms with Crippen LogP contribution in [-0.2, 0) is 11.2 Å². The molecule has 3 rings (SSSR count). The molecular formula is C18H18ClN3O4. The van der Waals surface area contributed by atoms with Gasteiger partial charge in [0.05, 0.1) is 24.6 Å². The molecule has 0 unspecified atom stereocenters. The number of hydrogen-bond acceptors (Lipinski definition) is 5. The van der Waals surface area contributed by atoms with Gasteiger partial charge in [-0.15, -0.1) is 0 Å². The van der Waals surface area contributed by atoms with Gasteiger partial charge in [-0.2, -0.15) is 0 Å². The number of nitro benzene ring substituents is 1. The molecule has 2 aromatic carbocycles. The van der Waals surface area contributed by atoms with Crippen molar-refractivity contribution >= 4 is 34.6 Å². The average Bonchev–Trinajstić information content (AvgIpc) is 2.61. The van der Waals surface area contributed by atoms with Crippen molar-refractivity contribution in [3.8, 4) is 5.75 Å². The van der Waals surface area contributed by atoms with Crippen LogP contribution in [0.2, 0.25) is 5.02 Å². The number of amides is 1. The van der Waals surface area contributed by atoms with Gasteiger partial charge in [0.1, 0.15) is 11.4 Å². The molecular weight excluding hydrogens is 358 g/mol. The summed E-state index contributed by atoms with van der Waals surface area (Å²) >= 11 is 6.04. The van der Waals surface area contributed by atoms with Crippen LogP contribution in [0.25, 0.3) is 0 Å². The normalized spacial score (nSPS) is 13.1. The maximum absolute atomic E-state index is 12.5. The number of benzene rings is 2. The Balaban J connectivity index is 1.76. The number of nitrogens with one attached hydrogen (secondary N) is 1. The molecule has 0 aromatic heterocycles. The minimum Gasteiger partial charge on any atom is -0.496 e. The number of aryl methyl sites for hydroxylation is 1. The number of nitrogens with zero attached hydrogens (tertiary/aromatic N) is 2. The van der Waals surface area contributed by atoms with E-state index in [0.29, 0.717) is 10.8 Å². The second-order valence-corrected chi connectivity index (χ2v) is 6.42. The van der Waals surface area contributed by atoms with Gasteiger partial charge in [0, 0.05) is 17.3 Å². The fourth-order valence-corrected chi connectivity index (χ4v) is 3.26. The van der Waals surface area contributed by atoms with Crippen LogP contribution < -0.4 is 15.0 Å². The molecule has 26 heavy (non-hydrogen) atoms. The number of carbonyl (C=O) groups excluding carboxylic acids is 1. The molecule has 0 atom stereocenters. The molecule has 0 saturated heterocycles. The highest BCUT2D eigenvalue weighted by molar-refractivity contribution is 6.30. The summed E-state index contributed by atoms with van der Waals surface area (Å²) in [5.74, 6) is 0.0394. The largest absolute Gasteiger partial charge is 0.496 e. The van der Waals surface area contributed by atoms with Gasteiger partial charge in [-0.1, -0.05) is 11.6 Å². The molecule has 0 spiro atoms. The summed E-state index contributed by atoms with van der Waals surface area (Å²) in [6.07, 6.45) is 1.83. The molecule has 0 saturated carbocycles. The predicted molar refractivity (Wildman–Crippen MR) is 100 cm³/mol. The first kappa shape index (κ1) is 18.0. The SMILES string of the molecule is COc1ccc(NC(=O)CN2CCCc3cc(Cl)ccc32)c([N+](=O)[O-])c1. The van der Waals surface area contributed by atoms with Gasteiger partial charge in [0.2, 0.25) is 5.91 Å². The van der Waals surface area contributed by atoms with Crippen LogP contribution in [-0.4, -0.2) is 31.0 Å². The van der Waals surface area contributed by atoms with E-state index >= 15 is 0 Å². The minimum atomic E-state index is -0.545.